The number of nitrogens with two attached hydrogens (primary N) is 1. The van der Waals surface area contributed by atoms with Crippen LogP contribution in [0, 0.1) is 0 Å². The minimum absolute atomic E-state index is 0.0694. The van der Waals surface area contributed by atoms with Crippen molar-refractivity contribution in [3.05, 3.63) is 0 Å². The van der Waals surface area contributed by atoms with Crippen LogP contribution in [0.1, 0.15) is 19.3 Å². The van der Waals surface area contributed by atoms with Crippen LogP contribution in [0.15, 0.2) is 0 Å². The molecule has 19 heavy (non-hydrogen) atoms. The summed E-state index contributed by atoms with van der Waals surface area (Å²) in [5.41, 5.74) is 5.26. The van der Waals surface area contributed by atoms with Crippen molar-refractivity contribution in [2.75, 3.05) is 41.3 Å². The molecule has 0 aliphatic carbocycles. The van der Waals surface area contributed by atoms with Gasteiger partial charge in [-0.1, -0.05) is 6.42 Å². The lowest BCUT2D eigenvalue weighted by Gasteiger charge is -2.23. The third-order valence-electron chi connectivity index (χ3n) is 2.20. The van der Waals surface area contributed by atoms with Gasteiger partial charge >= 0.3 is 5.97 Å². The van der Waals surface area contributed by atoms with Crippen LogP contribution in [0.5, 0.6) is 0 Å². The number of nitrogens with zero attached hydrogens (tertiary/aromatic N) is 1. The molecule has 0 spiro atoms. The Morgan fingerprint density at radius 3 is 2.05 bits per heavy atom. The summed E-state index contributed by atoms with van der Waals surface area (Å²) in [6.07, 6.45) is 2.42. The lowest BCUT2D eigenvalue weighted by Crippen LogP contribution is -2.45. The van der Waals surface area contributed by atoms with E-state index in [2.05, 4.69) is 5.32 Å². The van der Waals surface area contributed by atoms with Crippen LogP contribution in [0.3, 0.4) is 0 Å². The molecule has 0 saturated carbocycles. The molecule has 4 N–H and O–H groups in total. The Labute approximate surface area is 115 Å². The molecular weight excluding hydrogens is 250 g/mol. The molecule has 0 radical (unpaired) electrons. The van der Waals surface area contributed by atoms with Crippen LogP contribution >= 0.6 is 0 Å². The van der Waals surface area contributed by atoms with E-state index in [1.165, 1.54) is 0 Å². The molecule has 0 rings (SSSR count). The van der Waals surface area contributed by atoms with E-state index >= 15 is 0 Å². The van der Waals surface area contributed by atoms with Crippen molar-refractivity contribution in [1.82, 2.24) is 5.32 Å². The predicted octanol–water partition coefficient (Wildman–Crippen LogP) is -1.77. The van der Waals surface area contributed by atoms with E-state index in [0.717, 1.165) is 12.8 Å². The molecule has 1 atom stereocenters. The average Bonchev–Trinajstić information content (AvgIpc) is 2.21. The first-order valence-electron chi connectivity index (χ1n) is 6.24. The van der Waals surface area contributed by atoms with E-state index in [0.29, 0.717) is 17.4 Å². The summed E-state index contributed by atoms with van der Waals surface area (Å²) >= 11 is 0. The van der Waals surface area contributed by atoms with Gasteiger partial charge < -0.3 is 30.5 Å². The third kappa shape index (κ3) is 16.8. The van der Waals surface area contributed by atoms with Crippen LogP contribution in [-0.4, -0.2) is 68.9 Å². The van der Waals surface area contributed by atoms with Crippen molar-refractivity contribution >= 4 is 11.9 Å². The first-order chi connectivity index (χ1) is 8.64. The molecule has 0 aliphatic heterocycles. The van der Waals surface area contributed by atoms with Gasteiger partial charge in [0.15, 0.2) is 0 Å². The highest BCUT2D eigenvalue weighted by Gasteiger charge is 2.12. The lowest BCUT2D eigenvalue weighted by atomic mass is 10.1. The lowest BCUT2D eigenvalue weighted by molar-refractivity contribution is -0.864. The molecule has 7 heteroatoms. The summed E-state index contributed by atoms with van der Waals surface area (Å²) in [6, 6.07) is -0.415. The second kappa shape index (κ2) is 10.7. The fourth-order valence-electron chi connectivity index (χ4n) is 1.27. The van der Waals surface area contributed by atoms with E-state index in [1.54, 1.807) is 28.2 Å². The van der Waals surface area contributed by atoms with Crippen LogP contribution in [0.4, 0.5) is 0 Å². The van der Waals surface area contributed by atoms with Crippen molar-refractivity contribution in [2.24, 2.45) is 5.73 Å². The Morgan fingerprint density at radius 1 is 1.32 bits per heavy atom. The van der Waals surface area contributed by atoms with Gasteiger partial charge in [-0.2, -0.15) is 0 Å². The molecule has 0 aliphatic rings. The highest BCUT2D eigenvalue weighted by atomic mass is 16.4. The van der Waals surface area contributed by atoms with Crippen molar-refractivity contribution < 1.29 is 24.3 Å². The molecule has 0 aromatic rings. The number of rotatable bonds is 8. The van der Waals surface area contributed by atoms with Gasteiger partial charge in [0.1, 0.15) is 12.6 Å². The average molecular weight is 277 g/mol. The highest BCUT2D eigenvalue weighted by Crippen LogP contribution is 1.99. The zero-order valence-electron chi connectivity index (χ0n) is 12.3. The normalized spacial score (nSPS) is 12.3. The van der Waals surface area contributed by atoms with E-state index in [4.69, 9.17) is 10.8 Å². The molecule has 0 amide bonds. The maximum Gasteiger partial charge on any atom is 0.320 e. The van der Waals surface area contributed by atoms with Crippen molar-refractivity contribution in [1.29, 1.82) is 0 Å². The SMILES string of the molecule is CNC(CCCCN)C(=O)O.C[N+](C)(C)CC(=O)[O-]. The van der Waals surface area contributed by atoms with Crippen LogP contribution in [0.2, 0.25) is 0 Å². The maximum atomic E-state index is 10.4. The number of carbonyl (C=O) groups excluding carboxylic acids is 1. The number of quaternary nitrogens is 1. The first-order valence-corrected chi connectivity index (χ1v) is 6.24. The second-order valence-electron chi connectivity index (χ2n) is 5.28. The van der Waals surface area contributed by atoms with Gasteiger partial charge in [0.05, 0.1) is 27.1 Å². The minimum atomic E-state index is -1.00. The Hall–Kier alpha value is -1.18. The zero-order valence-corrected chi connectivity index (χ0v) is 12.3. The molecular formula is C12H27N3O4. The van der Waals surface area contributed by atoms with Crippen molar-refractivity contribution in [3.63, 3.8) is 0 Å². The number of carboxylic acid groups (broad SMARTS) is 2. The number of hydrogen-bond donors (Lipinski definition) is 3. The fourth-order valence-corrected chi connectivity index (χ4v) is 1.27. The summed E-state index contributed by atoms with van der Waals surface area (Å²) in [6.45, 7) is 0.704. The maximum absolute atomic E-state index is 10.4. The standard InChI is InChI=1S/C7H16N2O2.C5H11NO2/c1-9-6(7(10)11)4-2-3-5-8;1-6(2,3)4-5(7)8/h6,9H,2-5,8H2,1H3,(H,10,11);4H2,1-3H3. The number of hydrogen-bond acceptors (Lipinski definition) is 5. The van der Waals surface area contributed by atoms with Crippen LogP contribution in [-0.2, 0) is 9.59 Å². The summed E-state index contributed by atoms with van der Waals surface area (Å²) in [7, 11) is 7.06. The Bertz CT molecular complexity index is 264. The Kier molecular flexibility index (Phi) is 11.4. The first kappa shape index (κ1) is 20.1. The number of nitrogens with one attached hydrogen (secondary N) is 1. The monoisotopic (exact) mass is 277 g/mol. The molecule has 0 heterocycles. The smallest absolute Gasteiger partial charge is 0.320 e. The largest absolute Gasteiger partial charge is 0.544 e. The van der Waals surface area contributed by atoms with Gasteiger partial charge in [-0.25, -0.2) is 0 Å². The second-order valence-corrected chi connectivity index (χ2v) is 5.28. The van der Waals surface area contributed by atoms with Gasteiger partial charge in [0.2, 0.25) is 0 Å². The van der Waals surface area contributed by atoms with Crippen LogP contribution < -0.4 is 16.2 Å². The summed E-state index contributed by atoms with van der Waals surface area (Å²) < 4.78 is 0.419. The molecule has 0 aromatic carbocycles. The number of aliphatic carboxylic acids is 2. The van der Waals surface area contributed by atoms with Crippen LogP contribution in [0.25, 0.3) is 0 Å². The Balaban J connectivity index is 0. The number of carboxylic acids is 2. The molecule has 0 aromatic heterocycles. The van der Waals surface area contributed by atoms with Gasteiger partial charge in [0.25, 0.3) is 0 Å². The number of likely N-dealkylation sites (N-methyl/N-ethyl adjacent to an activating group) is 2. The topological polar surface area (TPSA) is 115 Å². The summed E-state index contributed by atoms with van der Waals surface area (Å²) in [5, 5.41) is 21.2. The Morgan fingerprint density at radius 2 is 1.84 bits per heavy atom. The van der Waals surface area contributed by atoms with E-state index in [9.17, 15) is 14.7 Å². The van der Waals surface area contributed by atoms with Crippen molar-refractivity contribution in [2.45, 2.75) is 25.3 Å². The molecule has 114 valence electrons. The van der Waals surface area contributed by atoms with E-state index in [1.807, 2.05) is 0 Å². The molecule has 0 fully saturated rings. The quantitative estimate of drug-likeness (QED) is 0.357. The number of carbonyl (C=O) groups is 2. The third-order valence-corrected chi connectivity index (χ3v) is 2.20. The van der Waals surface area contributed by atoms with Gasteiger partial charge in [-0.3, -0.25) is 4.79 Å². The highest BCUT2D eigenvalue weighted by molar-refractivity contribution is 5.73. The fraction of sp³-hybridized carbons (Fsp3) is 0.833. The molecule has 0 saturated heterocycles. The van der Waals surface area contributed by atoms with Gasteiger partial charge in [0, 0.05) is 0 Å². The zero-order chi connectivity index (χ0) is 15.5. The van der Waals surface area contributed by atoms with Gasteiger partial charge in [-0.05, 0) is 26.4 Å². The molecule has 1 unspecified atom stereocenters. The molecule has 0 bridgehead atoms. The predicted molar refractivity (Wildman–Crippen MR) is 71.3 cm³/mol. The number of unbranched alkanes of at least 4 members (excludes halogenated alkanes) is 1. The summed E-state index contributed by atoms with van der Waals surface area (Å²) in [5.74, 6) is -1.79. The minimum Gasteiger partial charge on any atom is -0.544 e. The van der Waals surface area contributed by atoms with E-state index in [-0.39, 0.29) is 6.54 Å². The van der Waals surface area contributed by atoms with E-state index < -0.39 is 18.0 Å². The van der Waals surface area contributed by atoms with Gasteiger partial charge in [-0.15, -0.1) is 0 Å². The summed E-state index contributed by atoms with van der Waals surface area (Å²) in [4.78, 5) is 20.3. The van der Waals surface area contributed by atoms with Crippen molar-refractivity contribution in [3.8, 4) is 0 Å². The molecule has 7 nitrogen and oxygen atoms in total.